The van der Waals surface area contributed by atoms with Crippen molar-refractivity contribution in [3.63, 3.8) is 0 Å². The standard InChI is InChI=1S/C12H22N4O/c1-5-13-10-7-11(16-9-15-10)14-8-12(3,4)17-6-2/h7,9H,5-6,8H2,1-4H3,(H2,13,14,15,16). The number of rotatable bonds is 7. The van der Waals surface area contributed by atoms with E-state index in [0.29, 0.717) is 13.2 Å². The smallest absolute Gasteiger partial charge is 0.131 e. The van der Waals surface area contributed by atoms with Gasteiger partial charge in [0.1, 0.15) is 18.0 Å². The van der Waals surface area contributed by atoms with Crippen LogP contribution in [0.15, 0.2) is 12.4 Å². The summed E-state index contributed by atoms with van der Waals surface area (Å²) in [5, 5.41) is 6.40. The highest BCUT2D eigenvalue weighted by Gasteiger charge is 2.17. The summed E-state index contributed by atoms with van der Waals surface area (Å²) in [5.74, 6) is 1.64. The highest BCUT2D eigenvalue weighted by Crippen LogP contribution is 2.12. The van der Waals surface area contributed by atoms with Gasteiger partial charge in [-0.15, -0.1) is 0 Å². The third kappa shape index (κ3) is 4.99. The van der Waals surface area contributed by atoms with E-state index in [1.54, 1.807) is 6.33 Å². The zero-order valence-electron chi connectivity index (χ0n) is 11.1. The van der Waals surface area contributed by atoms with Crippen molar-refractivity contribution in [2.24, 2.45) is 0 Å². The normalized spacial score (nSPS) is 11.3. The molecule has 1 rings (SSSR count). The van der Waals surface area contributed by atoms with Gasteiger partial charge in [-0.2, -0.15) is 0 Å². The fraction of sp³-hybridized carbons (Fsp3) is 0.667. The fourth-order valence-corrected chi connectivity index (χ4v) is 1.48. The van der Waals surface area contributed by atoms with Gasteiger partial charge in [0.05, 0.1) is 5.60 Å². The molecule has 0 aromatic carbocycles. The molecule has 2 N–H and O–H groups in total. The minimum atomic E-state index is -0.196. The van der Waals surface area contributed by atoms with E-state index < -0.39 is 0 Å². The molecule has 0 saturated heterocycles. The Kier molecular flexibility index (Phi) is 5.15. The molecule has 0 fully saturated rings. The van der Waals surface area contributed by atoms with Gasteiger partial charge in [0.25, 0.3) is 0 Å². The number of nitrogens with one attached hydrogen (secondary N) is 2. The van der Waals surface area contributed by atoms with Gasteiger partial charge in [-0.1, -0.05) is 0 Å². The van der Waals surface area contributed by atoms with Gasteiger partial charge in [0, 0.05) is 25.8 Å². The number of nitrogens with zero attached hydrogens (tertiary/aromatic N) is 2. The van der Waals surface area contributed by atoms with Crippen LogP contribution in [0.4, 0.5) is 11.6 Å². The predicted octanol–water partition coefficient (Wildman–Crippen LogP) is 2.14. The van der Waals surface area contributed by atoms with E-state index in [1.165, 1.54) is 0 Å². The summed E-state index contributed by atoms with van der Waals surface area (Å²) in [7, 11) is 0. The van der Waals surface area contributed by atoms with Crippen LogP contribution in [0.1, 0.15) is 27.7 Å². The number of ether oxygens (including phenoxy) is 1. The lowest BCUT2D eigenvalue weighted by Gasteiger charge is -2.25. The lowest BCUT2D eigenvalue weighted by atomic mass is 10.1. The fourth-order valence-electron chi connectivity index (χ4n) is 1.48. The molecule has 96 valence electrons. The first-order chi connectivity index (χ1) is 8.07. The summed E-state index contributed by atoms with van der Waals surface area (Å²) in [5.41, 5.74) is -0.196. The van der Waals surface area contributed by atoms with E-state index in [9.17, 15) is 0 Å². The molecule has 0 radical (unpaired) electrons. The van der Waals surface area contributed by atoms with Gasteiger partial charge >= 0.3 is 0 Å². The number of hydrogen-bond donors (Lipinski definition) is 2. The Balaban J connectivity index is 2.53. The van der Waals surface area contributed by atoms with Crippen LogP contribution in [-0.2, 0) is 4.74 Å². The van der Waals surface area contributed by atoms with Crippen LogP contribution in [-0.4, -0.2) is 35.3 Å². The van der Waals surface area contributed by atoms with Gasteiger partial charge < -0.3 is 15.4 Å². The Bertz CT molecular complexity index is 341. The largest absolute Gasteiger partial charge is 0.374 e. The first-order valence-corrected chi connectivity index (χ1v) is 6.01. The topological polar surface area (TPSA) is 59.1 Å². The molecule has 0 saturated carbocycles. The maximum absolute atomic E-state index is 5.61. The Hall–Kier alpha value is -1.36. The molecule has 0 aliphatic rings. The van der Waals surface area contributed by atoms with E-state index in [0.717, 1.165) is 18.2 Å². The number of aromatic nitrogens is 2. The SMILES string of the molecule is CCNc1cc(NCC(C)(C)OCC)ncn1. The molecule has 0 atom stereocenters. The molecular formula is C12H22N4O. The molecule has 0 bridgehead atoms. The molecule has 1 heterocycles. The molecule has 1 aromatic rings. The van der Waals surface area contributed by atoms with Crippen molar-refractivity contribution in [1.29, 1.82) is 0 Å². The number of anilines is 2. The van der Waals surface area contributed by atoms with Crippen LogP contribution in [0.25, 0.3) is 0 Å². The molecule has 0 amide bonds. The van der Waals surface area contributed by atoms with E-state index >= 15 is 0 Å². The van der Waals surface area contributed by atoms with Crippen molar-refractivity contribution in [1.82, 2.24) is 9.97 Å². The molecule has 0 unspecified atom stereocenters. The van der Waals surface area contributed by atoms with Crippen molar-refractivity contribution in [2.75, 3.05) is 30.3 Å². The molecule has 5 nitrogen and oxygen atoms in total. The van der Waals surface area contributed by atoms with E-state index in [4.69, 9.17) is 4.74 Å². The Morgan fingerprint density at radius 3 is 2.41 bits per heavy atom. The van der Waals surface area contributed by atoms with Crippen LogP contribution < -0.4 is 10.6 Å². The second-order valence-electron chi connectivity index (χ2n) is 4.37. The summed E-state index contributed by atoms with van der Waals surface area (Å²) in [6, 6.07) is 1.89. The molecular weight excluding hydrogens is 216 g/mol. The van der Waals surface area contributed by atoms with Crippen LogP contribution >= 0.6 is 0 Å². The monoisotopic (exact) mass is 238 g/mol. The second-order valence-corrected chi connectivity index (χ2v) is 4.37. The zero-order chi connectivity index (χ0) is 12.7. The van der Waals surface area contributed by atoms with E-state index in [2.05, 4.69) is 34.4 Å². The third-order valence-electron chi connectivity index (χ3n) is 2.26. The lowest BCUT2D eigenvalue weighted by Crippen LogP contribution is -2.33. The Morgan fingerprint density at radius 1 is 1.18 bits per heavy atom. The summed E-state index contributed by atoms with van der Waals surface area (Å²) in [6.45, 7) is 10.4. The summed E-state index contributed by atoms with van der Waals surface area (Å²) < 4.78 is 5.61. The second kappa shape index (κ2) is 6.39. The Labute approximate surface area is 103 Å². The summed E-state index contributed by atoms with van der Waals surface area (Å²) in [6.07, 6.45) is 1.55. The van der Waals surface area contributed by atoms with E-state index in [1.807, 2.05) is 19.9 Å². The van der Waals surface area contributed by atoms with Crippen molar-refractivity contribution < 1.29 is 4.74 Å². The van der Waals surface area contributed by atoms with Crippen molar-refractivity contribution >= 4 is 11.6 Å². The van der Waals surface area contributed by atoms with Gasteiger partial charge in [-0.3, -0.25) is 0 Å². The maximum atomic E-state index is 5.61. The highest BCUT2D eigenvalue weighted by atomic mass is 16.5. The highest BCUT2D eigenvalue weighted by molar-refractivity contribution is 5.46. The zero-order valence-corrected chi connectivity index (χ0v) is 11.1. The quantitative estimate of drug-likeness (QED) is 0.762. The predicted molar refractivity (Wildman–Crippen MR) is 70.4 cm³/mol. The average molecular weight is 238 g/mol. The maximum Gasteiger partial charge on any atom is 0.131 e. The molecule has 5 heteroatoms. The van der Waals surface area contributed by atoms with Crippen LogP contribution in [0.5, 0.6) is 0 Å². The van der Waals surface area contributed by atoms with Gasteiger partial charge in [0.15, 0.2) is 0 Å². The van der Waals surface area contributed by atoms with Crippen LogP contribution in [0.2, 0.25) is 0 Å². The van der Waals surface area contributed by atoms with Gasteiger partial charge in [-0.25, -0.2) is 9.97 Å². The van der Waals surface area contributed by atoms with Crippen LogP contribution in [0.3, 0.4) is 0 Å². The molecule has 17 heavy (non-hydrogen) atoms. The summed E-state index contributed by atoms with van der Waals surface area (Å²) in [4.78, 5) is 8.28. The van der Waals surface area contributed by atoms with Crippen molar-refractivity contribution in [3.8, 4) is 0 Å². The summed E-state index contributed by atoms with van der Waals surface area (Å²) >= 11 is 0. The van der Waals surface area contributed by atoms with Gasteiger partial charge in [0.2, 0.25) is 0 Å². The first-order valence-electron chi connectivity index (χ1n) is 6.01. The molecule has 0 spiro atoms. The van der Waals surface area contributed by atoms with E-state index in [-0.39, 0.29) is 5.60 Å². The molecule has 0 aliphatic heterocycles. The van der Waals surface area contributed by atoms with Gasteiger partial charge in [-0.05, 0) is 27.7 Å². The average Bonchev–Trinajstić information content (AvgIpc) is 2.28. The Morgan fingerprint density at radius 2 is 1.82 bits per heavy atom. The van der Waals surface area contributed by atoms with Crippen LogP contribution in [0, 0.1) is 0 Å². The third-order valence-corrected chi connectivity index (χ3v) is 2.26. The van der Waals surface area contributed by atoms with Crippen molar-refractivity contribution in [2.45, 2.75) is 33.3 Å². The minimum absolute atomic E-state index is 0.196. The van der Waals surface area contributed by atoms with Crippen molar-refractivity contribution in [3.05, 3.63) is 12.4 Å². The first kappa shape index (κ1) is 13.7. The molecule has 0 aliphatic carbocycles. The molecule has 1 aromatic heterocycles. The lowest BCUT2D eigenvalue weighted by molar-refractivity contribution is 0.000641. The minimum Gasteiger partial charge on any atom is -0.374 e. The number of hydrogen-bond acceptors (Lipinski definition) is 5.